The minimum atomic E-state index is -0.178. The van der Waals surface area contributed by atoms with Gasteiger partial charge in [-0.05, 0) is 42.9 Å². The SMILES string of the molecule is NC1(C2CCOCC2)CC1c1ccc(F)cc1. The molecule has 92 valence electrons. The average Bonchev–Trinajstić information content (AvgIpc) is 3.05. The molecule has 0 bridgehead atoms. The van der Waals surface area contributed by atoms with Crippen molar-refractivity contribution in [2.24, 2.45) is 11.7 Å². The number of rotatable bonds is 2. The van der Waals surface area contributed by atoms with Gasteiger partial charge in [-0.25, -0.2) is 4.39 Å². The molecular weight excluding hydrogens is 217 g/mol. The van der Waals surface area contributed by atoms with Crippen LogP contribution in [0.3, 0.4) is 0 Å². The Hall–Kier alpha value is -0.930. The van der Waals surface area contributed by atoms with E-state index in [1.807, 2.05) is 12.1 Å². The number of ether oxygens (including phenoxy) is 1. The lowest BCUT2D eigenvalue weighted by molar-refractivity contribution is 0.0544. The van der Waals surface area contributed by atoms with Crippen LogP contribution in [0.5, 0.6) is 0 Å². The van der Waals surface area contributed by atoms with E-state index in [0.29, 0.717) is 11.8 Å². The molecule has 0 aromatic heterocycles. The van der Waals surface area contributed by atoms with Gasteiger partial charge in [-0.1, -0.05) is 12.1 Å². The van der Waals surface area contributed by atoms with Crippen LogP contribution in [-0.2, 0) is 4.74 Å². The molecule has 1 heterocycles. The van der Waals surface area contributed by atoms with Crippen LogP contribution >= 0.6 is 0 Å². The zero-order chi connectivity index (χ0) is 11.9. The van der Waals surface area contributed by atoms with Gasteiger partial charge in [-0.15, -0.1) is 0 Å². The van der Waals surface area contributed by atoms with Gasteiger partial charge < -0.3 is 10.5 Å². The van der Waals surface area contributed by atoms with Crippen LogP contribution in [-0.4, -0.2) is 18.8 Å². The molecule has 1 saturated heterocycles. The van der Waals surface area contributed by atoms with Crippen LogP contribution in [0, 0.1) is 11.7 Å². The quantitative estimate of drug-likeness (QED) is 0.854. The van der Waals surface area contributed by atoms with Gasteiger partial charge in [0.05, 0.1) is 0 Å². The molecule has 2 nitrogen and oxygen atoms in total. The maximum absolute atomic E-state index is 12.9. The van der Waals surface area contributed by atoms with E-state index in [1.54, 1.807) is 0 Å². The molecule has 1 aromatic rings. The summed E-state index contributed by atoms with van der Waals surface area (Å²) >= 11 is 0. The minimum Gasteiger partial charge on any atom is -0.381 e. The van der Waals surface area contributed by atoms with E-state index in [-0.39, 0.29) is 11.4 Å². The lowest BCUT2D eigenvalue weighted by Crippen LogP contribution is -2.38. The predicted octanol–water partition coefficient (Wildman–Crippen LogP) is 2.44. The molecule has 3 heteroatoms. The molecule has 0 amide bonds. The van der Waals surface area contributed by atoms with E-state index in [2.05, 4.69) is 0 Å². The number of hydrogen-bond donors (Lipinski definition) is 1. The first-order valence-electron chi connectivity index (χ1n) is 6.32. The summed E-state index contributed by atoms with van der Waals surface area (Å²) in [5.41, 5.74) is 7.60. The third-order valence-corrected chi connectivity index (χ3v) is 4.30. The highest BCUT2D eigenvalue weighted by atomic mass is 19.1. The van der Waals surface area contributed by atoms with Crippen LogP contribution in [0.1, 0.15) is 30.7 Å². The normalized spacial score (nSPS) is 33.6. The largest absolute Gasteiger partial charge is 0.381 e. The third kappa shape index (κ3) is 1.98. The Labute approximate surface area is 101 Å². The van der Waals surface area contributed by atoms with Crippen molar-refractivity contribution in [1.82, 2.24) is 0 Å². The molecule has 1 aliphatic carbocycles. The molecule has 0 spiro atoms. The lowest BCUT2D eigenvalue weighted by atomic mass is 9.87. The maximum Gasteiger partial charge on any atom is 0.123 e. The fraction of sp³-hybridized carbons (Fsp3) is 0.571. The third-order valence-electron chi connectivity index (χ3n) is 4.30. The van der Waals surface area contributed by atoms with E-state index < -0.39 is 0 Å². The summed E-state index contributed by atoms with van der Waals surface area (Å²) in [6.07, 6.45) is 3.16. The van der Waals surface area contributed by atoms with Gasteiger partial charge in [-0.3, -0.25) is 0 Å². The van der Waals surface area contributed by atoms with Crippen molar-refractivity contribution in [2.45, 2.75) is 30.7 Å². The smallest absolute Gasteiger partial charge is 0.123 e. The second kappa shape index (κ2) is 4.07. The van der Waals surface area contributed by atoms with Crippen molar-refractivity contribution in [3.8, 4) is 0 Å². The highest BCUT2D eigenvalue weighted by molar-refractivity contribution is 5.34. The van der Waals surface area contributed by atoms with E-state index in [4.69, 9.17) is 10.5 Å². The standard InChI is InChI=1S/C14H18FNO/c15-12-3-1-10(2-4-12)13-9-14(13,16)11-5-7-17-8-6-11/h1-4,11,13H,5-9,16H2. The molecule has 1 aromatic carbocycles. The summed E-state index contributed by atoms with van der Waals surface area (Å²) in [6, 6.07) is 6.79. The van der Waals surface area contributed by atoms with Crippen LogP contribution in [0.25, 0.3) is 0 Å². The van der Waals surface area contributed by atoms with E-state index in [0.717, 1.165) is 32.5 Å². The molecule has 2 atom stereocenters. The van der Waals surface area contributed by atoms with E-state index >= 15 is 0 Å². The molecule has 2 aliphatic rings. The first kappa shape index (κ1) is 11.2. The highest BCUT2D eigenvalue weighted by Crippen LogP contribution is 2.56. The molecule has 2 N–H and O–H groups in total. The molecule has 17 heavy (non-hydrogen) atoms. The topological polar surface area (TPSA) is 35.2 Å². The van der Waals surface area contributed by atoms with Crippen molar-refractivity contribution in [2.75, 3.05) is 13.2 Å². The van der Waals surface area contributed by atoms with Crippen molar-refractivity contribution in [3.05, 3.63) is 35.6 Å². The lowest BCUT2D eigenvalue weighted by Gasteiger charge is -2.28. The summed E-state index contributed by atoms with van der Waals surface area (Å²) in [7, 11) is 0. The summed E-state index contributed by atoms with van der Waals surface area (Å²) < 4.78 is 18.2. The minimum absolute atomic E-state index is 0.0678. The maximum atomic E-state index is 12.9. The molecular formula is C14H18FNO. The van der Waals surface area contributed by atoms with Gasteiger partial charge in [0.2, 0.25) is 0 Å². The van der Waals surface area contributed by atoms with Crippen LogP contribution < -0.4 is 5.73 Å². The van der Waals surface area contributed by atoms with Gasteiger partial charge in [0, 0.05) is 24.7 Å². The Bertz CT molecular complexity index is 399. The molecule has 2 fully saturated rings. The van der Waals surface area contributed by atoms with E-state index in [1.165, 1.54) is 17.7 Å². The average molecular weight is 235 g/mol. The summed E-state index contributed by atoms with van der Waals surface area (Å²) in [5, 5.41) is 0. The predicted molar refractivity (Wildman–Crippen MR) is 64.2 cm³/mol. The van der Waals surface area contributed by atoms with Gasteiger partial charge in [0.25, 0.3) is 0 Å². The number of halogens is 1. The van der Waals surface area contributed by atoms with Crippen LogP contribution in [0.4, 0.5) is 4.39 Å². The fourth-order valence-corrected chi connectivity index (χ4v) is 3.10. The second-order valence-corrected chi connectivity index (χ2v) is 5.31. The molecule has 1 aliphatic heterocycles. The van der Waals surface area contributed by atoms with Crippen molar-refractivity contribution >= 4 is 0 Å². The zero-order valence-corrected chi connectivity index (χ0v) is 9.86. The van der Waals surface area contributed by atoms with Gasteiger partial charge >= 0.3 is 0 Å². The number of hydrogen-bond acceptors (Lipinski definition) is 2. The highest BCUT2D eigenvalue weighted by Gasteiger charge is 2.56. The Kier molecular flexibility index (Phi) is 2.68. The summed E-state index contributed by atoms with van der Waals surface area (Å²) in [5.74, 6) is 0.792. The molecule has 1 saturated carbocycles. The van der Waals surface area contributed by atoms with Gasteiger partial charge in [0.15, 0.2) is 0 Å². The van der Waals surface area contributed by atoms with Crippen molar-refractivity contribution < 1.29 is 9.13 Å². The van der Waals surface area contributed by atoms with Crippen LogP contribution in [0.15, 0.2) is 24.3 Å². The molecule has 3 rings (SSSR count). The van der Waals surface area contributed by atoms with Crippen LogP contribution in [0.2, 0.25) is 0 Å². The molecule has 2 unspecified atom stereocenters. The Balaban J connectivity index is 1.73. The van der Waals surface area contributed by atoms with Gasteiger partial charge in [-0.2, -0.15) is 0 Å². The number of nitrogens with two attached hydrogens (primary N) is 1. The zero-order valence-electron chi connectivity index (χ0n) is 9.86. The monoisotopic (exact) mass is 235 g/mol. The Morgan fingerprint density at radius 1 is 1.18 bits per heavy atom. The summed E-state index contributed by atoms with van der Waals surface area (Å²) in [6.45, 7) is 1.67. The Morgan fingerprint density at radius 3 is 2.47 bits per heavy atom. The summed E-state index contributed by atoms with van der Waals surface area (Å²) in [4.78, 5) is 0. The Morgan fingerprint density at radius 2 is 1.82 bits per heavy atom. The number of benzene rings is 1. The van der Waals surface area contributed by atoms with Crippen molar-refractivity contribution in [1.29, 1.82) is 0 Å². The van der Waals surface area contributed by atoms with Gasteiger partial charge in [0.1, 0.15) is 5.82 Å². The first-order valence-corrected chi connectivity index (χ1v) is 6.32. The van der Waals surface area contributed by atoms with E-state index in [9.17, 15) is 4.39 Å². The molecule has 0 radical (unpaired) electrons. The first-order chi connectivity index (χ1) is 8.20. The fourth-order valence-electron chi connectivity index (χ4n) is 3.10. The second-order valence-electron chi connectivity index (χ2n) is 5.31. The van der Waals surface area contributed by atoms with Crippen molar-refractivity contribution in [3.63, 3.8) is 0 Å².